The average molecular weight is 307 g/mol. The molecule has 2 aromatic carbocycles. The Kier molecular flexibility index (Phi) is 5.47. The number of carbonyl (C=O) groups is 1. The van der Waals surface area contributed by atoms with Crippen molar-refractivity contribution in [3.63, 3.8) is 0 Å². The molecule has 20 heavy (non-hydrogen) atoms. The van der Waals surface area contributed by atoms with Crippen LogP contribution >= 0.6 is 19.3 Å². The van der Waals surface area contributed by atoms with Gasteiger partial charge in [0.2, 0.25) is 0 Å². The number of nitrogens with zero attached hydrogens (tertiary/aromatic N) is 3. The van der Waals surface area contributed by atoms with Crippen LogP contribution in [0.3, 0.4) is 0 Å². The molecule has 0 aliphatic carbocycles. The van der Waals surface area contributed by atoms with Crippen molar-refractivity contribution in [2.24, 2.45) is 10.1 Å². The first-order valence-corrected chi connectivity index (χ1v) is 7.74. The molecule has 2 rings (SSSR count). The molecule has 2 amide bonds. The van der Waals surface area contributed by atoms with Crippen LogP contribution in [0.1, 0.15) is 0 Å². The van der Waals surface area contributed by atoms with Crippen LogP contribution in [0.25, 0.3) is 0 Å². The largest absolute Gasteiger partial charge is 0.348 e. The normalized spacial score (nSPS) is 11.1. The Morgan fingerprint density at radius 3 is 2.25 bits per heavy atom. The molecule has 1 atom stereocenters. The van der Waals surface area contributed by atoms with E-state index in [1.54, 1.807) is 24.3 Å². The lowest BCUT2D eigenvalue weighted by Crippen LogP contribution is -2.29. The summed E-state index contributed by atoms with van der Waals surface area (Å²) in [7, 11) is -0.235. The van der Waals surface area contributed by atoms with Gasteiger partial charge in [0.25, 0.3) is 0 Å². The molecule has 0 saturated carbocycles. The topological polar surface area (TPSA) is 57.1 Å². The van der Waals surface area contributed by atoms with Crippen LogP contribution in [0.2, 0.25) is 0 Å². The van der Waals surface area contributed by atoms with Crippen LogP contribution in [-0.4, -0.2) is 6.03 Å². The fourth-order valence-electron chi connectivity index (χ4n) is 1.54. The summed E-state index contributed by atoms with van der Waals surface area (Å²) < 4.78 is 0. The van der Waals surface area contributed by atoms with Crippen LogP contribution in [0.5, 0.6) is 0 Å². The first kappa shape index (κ1) is 14.4. The van der Waals surface area contributed by atoms with E-state index in [0.29, 0.717) is 11.4 Å². The van der Waals surface area contributed by atoms with E-state index < -0.39 is 6.03 Å². The molecule has 7 heteroatoms. The number of amides is 2. The van der Waals surface area contributed by atoms with E-state index in [1.165, 1.54) is 5.01 Å². The minimum atomic E-state index is -0.402. The molecule has 1 unspecified atom stereocenters. The molecule has 0 fully saturated rings. The standard InChI is InChI=1S/C13H12ClN4OP/c14-20-17-16-18(12-9-5-2-6-10-12)13(19)15-11-7-3-1-4-8-11/h1-10,20H,(H,15,19). The van der Waals surface area contributed by atoms with Gasteiger partial charge in [-0.25, -0.2) is 4.79 Å². The molecule has 0 radical (unpaired) electrons. The summed E-state index contributed by atoms with van der Waals surface area (Å²) >= 11 is 5.51. The molecule has 0 heterocycles. The number of urea groups is 1. The van der Waals surface area contributed by atoms with E-state index >= 15 is 0 Å². The lowest BCUT2D eigenvalue weighted by atomic mass is 10.3. The van der Waals surface area contributed by atoms with Crippen molar-refractivity contribution in [2.45, 2.75) is 0 Å². The molecule has 0 saturated heterocycles. The summed E-state index contributed by atoms with van der Waals surface area (Å²) in [4.78, 5) is 15.9. The summed E-state index contributed by atoms with van der Waals surface area (Å²) in [6.45, 7) is 0. The van der Waals surface area contributed by atoms with E-state index in [0.717, 1.165) is 0 Å². The second kappa shape index (κ2) is 7.58. The second-order valence-corrected chi connectivity index (χ2v) is 4.59. The molecule has 1 N–H and O–H groups in total. The highest BCUT2D eigenvalue weighted by Gasteiger charge is 2.15. The van der Waals surface area contributed by atoms with E-state index in [1.807, 2.05) is 36.4 Å². The summed E-state index contributed by atoms with van der Waals surface area (Å²) in [5.74, 6) is 0. The molecular weight excluding hydrogens is 295 g/mol. The van der Waals surface area contributed by atoms with E-state index in [2.05, 4.69) is 15.4 Å². The van der Waals surface area contributed by atoms with Gasteiger partial charge in [-0.15, -0.1) is 4.88 Å². The highest BCUT2D eigenvalue weighted by Crippen LogP contribution is 2.21. The fraction of sp³-hybridized carbons (Fsp3) is 0. The third-order valence-electron chi connectivity index (χ3n) is 2.39. The molecule has 0 aliphatic rings. The molecule has 0 aromatic heterocycles. The molecule has 0 spiro atoms. The number of benzene rings is 2. The van der Waals surface area contributed by atoms with Crippen molar-refractivity contribution in [1.82, 2.24) is 0 Å². The molecule has 2 aromatic rings. The maximum atomic E-state index is 12.2. The SMILES string of the molecule is O=C(Nc1ccccc1)N(N=NPCl)c1ccccc1. The Hall–Kier alpha value is -1.97. The highest BCUT2D eigenvalue weighted by atomic mass is 35.7. The third kappa shape index (κ3) is 4.02. The van der Waals surface area contributed by atoms with Crippen molar-refractivity contribution < 1.29 is 4.79 Å². The zero-order valence-electron chi connectivity index (χ0n) is 10.4. The van der Waals surface area contributed by atoms with Gasteiger partial charge in [-0.05, 0) is 24.3 Å². The highest BCUT2D eigenvalue weighted by molar-refractivity contribution is 7.67. The number of hydrogen-bond acceptors (Lipinski definition) is 3. The molecule has 102 valence electrons. The molecule has 0 aliphatic heterocycles. The van der Waals surface area contributed by atoms with Crippen LogP contribution in [0.15, 0.2) is 70.8 Å². The Bertz CT molecular complexity index is 579. The maximum Gasteiger partial charge on any atom is 0.348 e. The van der Waals surface area contributed by atoms with Crippen LogP contribution in [-0.2, 0) is 0 Å². The third-order valence-corrected chi connectivity index (χ3v) is 2.78. The maximum absolute atomic E-state index is 12.2. The van der Waals surface area contributed by atoms with Gasteiger partial charge in [-0.3, -0.25) is 0 Å². The van der Waals surface area contributed by atoms with E-state index in [9.17, 15) is 4.79 Å². The van der Waals surface area contributed by atoms with Crippen molar-refractivity contribution in [3.05, 3.63) is 60.7 Å². The predicted molar refractivity (Wildman–Crippen MR) is 83.4 cm³/mol. The van der Waals surface area contributed by atoms with Gasteiger partial charge in [-0.2, -0.15) is 5.01 Å². The average Bonchev–Trinajstić information content (AvgIpc) is 2.50. The Morgan fingerprint density at radius 2 is 1.65 bits per heavy atom. The van der Waals surface area contributed by atoms with E-state index in [4.69, 9.17) is 11.2 Å². The minimum absolute atomic E-state index is 0.235. The Morgan fingerprint density at radius 1 is 1.05 bits per heavy atom. The number of halogens is 1. The molecular formula is C13H12ClN4OP. The van der Waals surface area contributed by atoms with Gasteiger partial charge in [-0.1, -0.05) is 52.9 Å². The molecule has 0 bridgehead atoms. The smallest absolute Gasteiger partial charge is 0.306 e. The van der Waals surface area contributed by atoms with Gasteiger partial charge in [0.05, 0.1) is 5.69 Å². The Balaban J connectivity index is 2.19. The molecule has 5 nitrogen and oxygen atoms in total. The predicted octanol–water partition coefficient (Wildman–Crippen LogP) is 4.84. The van der Waals surface area contributed by atoms with Gasteiger partial charge >= 0.3 is 6.03 Å². The van der Waals surface area contributed by atoms with E-state index in [-0.39, 0.29) is 8.08 Å². The quantitative estimate of drug-likeness (QED) is 0.490. The van der Waals surface area contributed by atoms with Crippen molar-refractivity contribution in [2.75, 3.05) is 10.3 Å². The van der Waals surface area contributed by atoms with Gasteiger partial charge in [0.15, 0.2) is 0 Å². The number of anilines is 2. The van der Waals surface area contributed by atoms with Crippen LogP contribution in [0.4, 0.5) is 16.2 Å². The van der Waals surface area contributed by atoms with Crippen molar-refractivity contribution in [3.8, 4) is 0 Å². The number of rotatable bonds is 4. The first-order valence-electron chi connectivity index (χ1n) is 5.79. The Labute approximate surface area is 123 Å². The monoisotopic (exact) mass is 306 g/mol. The van der Waals surface area contributed by atoms with Crippen molar-refractivity contribution >= 4 is 36.7 Å². The van der Waals surface area contributed by atoms with Crippen molar-refractivity contribution in [1.29, 1.82) is 0 Å². The summed E-state index contributed by atoms with van der Waals surface area (Å²) in [6, 6.07) is 17.8. The second-order valence-electron chi connectivity index (χ2n) is 3.72. The fourth-order valence-corrected chi connectivity index (χ4v) is 1.76. The van der Waals surface area contributed by atoms with Gasteiger partial charge in [0.1, 0.15) is 8.08 Å². The number of para-hydroxylation sites is 2. The zero-order chi connectivity index (χ0) is 14.2. The number of carbonyl (C=O) groups excluding carboxylic acids is 1. The number of nitrogens with one attached hydrogen (secondary N) is 1. The lowest BCUT2D eigenvalue weighted by Gasteiger charge is -2.16. The summed E-state index contributed by atoms with van der Waals surface area (Å²) in [5.41, 5.74) is 1.29. The minimum Gasteiger partial charge on any atom is -0.306 e. The summed E-state index contributed by atoms with van der Waals surface area (Å²) in [6.07, 6.45) is 0. The van der Waals surface area contributed by atoms with Crippen LogP contribution in [0, 0.1) is 0 Å². The van der Waals surface area contributed by atoms with Crippen LogP contribution < -0.4 is 10.3 Å². The lowest BCUT2D eigenvalue weighted by molar-refractivity contribution is 0.257. The van der Waals surface area contributed by atoms with Gasteiger partial charge in [0, 0.05) is 5.69 Å². The summed E-state index contributed by atoms with van der Waals surface area (Å²) in [5, 5.41) is 7.75. The number of hydrogen-bond donors (Lipinski definition) is 1. The van der Waals surface area contributed by atoms with Gasteiger partial charge < -0.3 is 5.32 Å². The zero-order valence-corrected chi connectivity index (χ0v) is 12.2. The first-order chi connectivity index (χ1) is 9.81.